The lowest BCUT2D eigenvalue weighted by molar-refractivity contribution is 0.116. The molecular weight excluding hydrogens is 300 g/mol. The van der Waals surface area contributed by atoms with E-state index < -0.39 is 18.3 Å². The summed E-state index contributed by atoms with van der Waals surface area (Å²) in [5.74, 6) is 0.464. The minimum absolute atomic E-state index is 0.0887. The highest BCUT2D eigenvalue weighted by Gasteiger charge is 2.34. The van der Waals surface area contributed by atoms with Crippen molar-refractivity contribution in [2.45, 2.75) is 12.2 Å². The van der Waals surface area contributed by atoms with Crippen LogP contribution >= 0.6 is 0 Å². The van der Waals surface area contributed by atoms with Gasteiger partial charge in [0.1, 0.15) is 6.10 Å². The summed E-state index contributed by atoms with van der Waals surface area (Å²) in [6, 6.07) is 5.30. The van der Waals surface area contributed by atoms with E-state index in [4.69, 9.17) is 15.2 Å². The molecule has 8 heteroatoms. The summed E-state index contributed by atoms with van der Waals surface area (Å²) in [4.78, 5) is 22.1. The van der Waals surface area contributed by atoms with Crippen LogP contribution in [0.5, 0.6) is 5.88 Å². The molecule has 0 aliphatic carbocycles. The first-order valence-electron chi connectivity index (χ1n) is 7.25. The topological polar surface area (TPSA) is 111 Å². The molecular formula is C15H18N4O4. The number of carbonyl (C=O) groups excluding carboxylic acids is 1. The summed E-state index contributed by atoms with van der Waals surface area (Å²) in [5.41, 5.74) is 7.47. The first kappa shape index (κ1) is 15.4. The number of cyclic esters (lactones) is 1. The molecule has 0 unspecified atom stereocenters. The molecule has 2 aromatic rings. The van der Waals surface area contributed by atoms with Gasteiger partial charge in [0.15, 0.2) is 0 Å². The summed E-state index contributed by atoms with van der Waals surface area (Å²) in [7, 11) is 1.54. The molecule has 0 saturated carbocycles. The molecule has 1 fully saturated rings. The number of carbonyl (C=O) groups is 1. The number of ether oxygens (including phenoxy) is 2. The van der Waals surface area contributed by atoms with Crippen LogP contribution < -0.4 is 10.5 Å². The molecule has 3 heterocycles. The molecule has 1 saturated heterocycles. The highest BCUT2D eigenvalue weighted by molar-refractivity contribution is 5.80. The van der Waals surface area contributed by atoms with Crippen LogP contribution in [0, 0.1) is 0 Å². The number of hydrogen-bond donors (Lipinski definition) is 2. The summed E-state index contributed by atoms with van der Waals surface area (Å²) in [6.45, 7) is 0.560. The molecule has 23 heavy (non-hydrogen) atoms. The van der Waals surface area contributed by atoms with E-state index in [-0.39, 0.29) is 13.1 Å². The van der Waals surface area contributed by atoms with Gasteiger partial charge in [-0.2, -0.15) is 0 Å². The van der Waals surface area contributed by atoms with E-state index in [1.807, 2.05) is 0 Å². The van der Waals surface area contributed by atoms with Gasteiger partial charge in [-0.3, -0.25) is 4.98 Å². The highest BCUT2D eigenvalue weighted by atomic mass is 16.6. The average Bonchev–Trinajstić information content (AvgIpc) is 2.94. The first-order valence-corrected chi connectivity index (χ1v) is 7.25. The van der Waals surface area contributed by atoms with Gasteiger partial charge in [-0.15, -0.1) is 0 Å². The second-order valence-electron chi connectivity index (χ2n) is 5.29. The van der Waals surface area contributed by atoms with Crippen LogP contribution in [-0.4, -0.2) is 58.9 Å². The number of methoxy groups -OCH3 is 1. The van der Waals surface area contributed by atoms with E-state index in [1.165, 1.54) is 12.0 Å². The Labute approximate surface area is 132 Å². The van der Waals surface area contributed by atoms with Crippen LogP contribution in [0.2, 0.25) is 0 Å². The molecule has 122 valence electrons. The summed E-state index contributed by atoms with van der Waals surface area (Å²) >= 11 is 0. The Bertz CT molecular complexity index is 724. The smallest absolute Gasteiger partial charge is 0.410 e. The maximum Gasteiger partial charge on any atom is 0.410 e. The van der Waals surface area contributed by atoms with Gasteiger partial charge in [0.25, 0.3) is 0 Å². The molecule has 1 aliphatic rings. The SMILES string of the molecule is COc1ccc2nccc([C@@H]3CN(C[C@H](O)CN)C(=O)O3)c2n1. The lowest BCUT2D eigenvalue weighted by atomic mass is 10.1. The van der Waals surface area contributed by atoms with Crippen molar-refractivity contribution in [1.82, 2.24) is 14.9 Å². The Morgan fingerprint density at radius 2 is 2.35 bits per heavy atom. The first-order chi connectivity index (χ1) is 11.1. The van der Waals surface area contributed by atoms with Crippen LogP contribution in [0.4, 0.5) is 4.79 Å². The third-order valence-corrected chi connectivity index (χ3v) is 3.74. The molecule has 1 amide bonds. The van der Waals surface area contributed by atoms with Gasteiger partial charge in [-0.1, -0.05) is 0 Å². The average molecular weight is 318 g/mol. The monoisotopic (exact) mass is 318 g/mol. The van der Waals surface area contributed by atoms with Gasteiger partial charge in [-0.25, -0.2) is 9.78 Å². The Kier molecular flexibility index (Phi) is 4.26. The number of pyridine rings is 2. The van der Waals surface area contributed by atoms with Crippen molar-refractivity contribution >= 4 is 17.1 Å². The third kappa shape index (κ3) is 3.03. The number of β-amino-alcohol motifs (C(OH)–C–C–N with tert-alkyl or cyclic N) is 1. The van der Waals surface area contributed by atoms with Gasteiger partial charge in [-0.05, 0) is 12.1 Å². The molecule has 0 radical (unpaired) electrons. The van der Waals surface area contributed by atoms with Gasteiger partial charge in [0, 0.05) is 24.4 Å². The predicted molar refractivity (Wildman–Crippen MR) is 81.9 cm³/mol. The molecule has 2 atom stereocenters. The van der Waals surface area contributed by atoms with Gasteiger partial charge in [0.05, 0.1) is 37.3 Å². The maximum atomic E-state index is 12.0. The van der Waals surface area contributed by atoms with E-state index in [1.54, 1.807) is 24.4 Å². The van der Waals surface area contributed by atoms with Gasteiger partial charge in [0.2, 0.25) is 5.88 Å². The normalized spacial score (nSPS) is 19.0. The van der Waals surface area contributed by atoms with Gasteiger partial charge >= 0.3 is 6.09 Å². The molecule has 3 N–H and O–H groups in total. The van der Waals surface area contributed by atoms with E-state index >= 15 is 0 Å². The third-order valence-electron chi connectivity index (χ3n) is 3.74. The van der Waals surface area contributed by atoms with Crippen molar-refractivity contribution in [3.8, 4) is 5.88 Å². The predicted octanol–water partition coefficient (Wildman–Crippen LogP) is 0.451. The molecule has 3 rings (SSSR count). The quantitative estimate of drug-likeness (QED) is 0.823. The number of rotatable bonds is 5. The molecule has 2 aromatic heterocycles. The second kappa shape index (κ2) is 6.35. The molecule has 1 aliphatic heterocycles. The number of amides is 1. The van der Waals surface area contributed by atoms with Crippen LogP contribution in [0.15, 0.2) is 24.4 Å². The van der Waals surface area contributed by atoms with Crippen LogP contribution in [0.3, 0.4) is 0 Å². The van der Waals surface area contributed by atoms with Crippen LogP contribution in [0.25, 0.3) is 11.0 Å². The summed E-state index contributed by atoms with van der Waals surface area (Å²) in [5, 5.41) is 9.62. The maximum absolute atomic E-state index is 12.0. The summed E-state index contributed by atoms with van der Waals surface area (Å²) in [6.07, 6.45) is -0.0709. The molecule has 0 spiro atoms. The van der Waals surface area contributed by atoms with Crippen molar-refractivity contribution in [3.63, 3.8) is 0 Å². The Hall–Kier alpha value is -2.45. The number of aliphatic hydroxyl groups is 1. The van der Waals surface area contributed by atoms with Crippen molar-refractivity contribution in [3.05, 3.63) is 30.0 Å². The molecule has 0 aromatic carbocycles. The Morgan fingerprint density at radius 1 is 1.52 bits per heavy atom. The minimum atomic E-state index is -0.770. The summed E-state index contributed by atoms with van der Waals surface area (Å²) < 4.78 is 10.6. The Balaban J connectivity index is 1.90. The fourth-order valence-corrected chi connectivity index (χ4v) is 2.55. The number of fused-ring (bicyclic) bond motifs is 1. The molecule has 0 bridgehead atoms. The van der Waals surface area contributed by atoms with Crippen molar-refractivity contribution in [2.24, 2.45) is 5.73 Å². The van der Waals surface area contributed by atoms with Gasteiger partial charge < -0.3 is 25.2 Å². The zero-order chi connectivity index (χ0) is 16.4. The fraction of sp³-hybridized carbons (Fsp3) is 0.400. The van der Waals surface area contributed by atoms with E-state index in [0.29, 0.717) is 23.5 Å². The number of nitrogens with two attached hydrogens (primary N) is 1. The largest absolute Gasteiger partial charge is 0.481 e. The zero-order valence-electron chi connectivity index (χ0n) is 12.7. The lowest BCUT2D eigenvalue weighted by Gasteiger charge is -2.16. The highest BCUT2D eigenvalue weighted by Crippen LogP contribution is 2.30. The minimum Gasteiger partial charge on any atom is -0.481 e. The van der Waals surface area contributed by atoms with Crippen molar-refractivity contribution in [2.75, 3.05) is 26.7 Å². The van der Waals surface area contributed by atoms with Crippen molar-refractivity contribution < 1.29 is 19.4 Å². The second-order valence-corrected chi connectivity index (χ2v) is 5.29. The lowest BCUT2D eigenvalue weighted by Crippen LogP contribution is -2.37. The van der Waals surface area contributed by atoms with Crippen LogP contribution in [-0.2, 0) is 4.74 Å². The van der Waals surface area contributed by atoms with E-state index in [0.717, 1.165) is 5.56 Å². The number of aliphatic hydroxyl groups excluding tert-OH is 1. The molecule has 8 nitrogen and oxygen atoms in total. The van der Waals surface area contributed by atoms with E-state index in [9.17, 15) is 9.90 Å². The number of hydrogen-bond acceptors (Lipinski definition) is 7. The van der Waals surface area contributed by atoms with Crippen molar-refractivity contribution in [1.29, 1.82) is 0 Å². The van der Waals surface area contributed by atoms with Crippen LogP contribution in [0.1, 0.15) is 11.7 Å². The fourth-order valence-electron chi connectivity index (χ4n) is 2.55. The number of nitrogens with zero attached hydrogens (tertiary/aromatic N) is 3. The number of aromatic nitrogens is 2. The standard InChI is InChI=1S/C15H18N4O4/c1-22-13-3-2-11-14(18-13)10(4-5-17-11)12-8-19(15(21)23-12)7-9(20)6-16/h2-5,9,12,20H,6-8,16H2,1H3/t9-,12+/m1/s1. The van der Waals surface area contributed by atoms with E-state index in [2.05, 4.69) is 9.97 Å². The zero-order valence-corrected chi connectivity index (χ0v) is 12.7. The Morgan fingerprint density at radius 3 is 3.09 bits per heavy atom.